The molecule has 0 saturated carbocycles. The van der Waals surface area contributed by atoms with Crippen molar-refractivity contribution in [3.63, 3.8) is 0 Å². The number of hydrogen-bond acceptors (Lipinski definition) is 3. The summed E-state index contributed by atoms with van der Waals surface area (Å²) in [5.74, 6) is 0.0401. The van der Waals surface area contributed by atoms with Crippen LogP contribution in [0.5, 0.6) is 0 Å². The molecule has 0 aromatic carbocycles. The van der Waals surface area contributed by atoms with E-state index in [2.05, 4.69) is 10.6 Å². The molecule has 2 N–H and O–H groups in total. The lowest BCUT2D eigenvalue weighted by Crippen LogP contribution is -2.47. The standard InChI is InChI=1S/C9H17N3O2/c1-8(13)11-3-2-9(14)12-6-4-10-5-7-12/h10H,2-7H2,1H3,(H,11,13). The molecule has 0 bridgehead atoms. The van der Waals surface area contributed by atoms with E-state index in [0.29, 0.717) is 13.0 Å². The maximum atomic E-state index is 11.5. The smallest absolute Gasteiger partial charge is 0.224 e. The lowest BCUT2D eigenvalue weighted by atomic mass is 10.3. The van der Waals surface area contributed by atoms with Gasteiger partial charge in [-0.1, -0.05) is 0 Å². The van der Waals surface area contributed by atoms with Crippen LogP contribution in [0.1, 0.15) is 13.3 Å². The molecular weight excluding hydrogens is 182 g/mol. The summed E-state index contributed by atoms with van der Waals surface area (Å²) < 4.78 is 0. The maximum absolute atomic E-state index is 11.5. The normalized spacial score (nSPS) is 16.5. The topological polar surface area (TPSA) is 61.4 Å². The van der Waals surface area contributed by atoms with Gasteiger partial charge in [-0.15, -0.1) is 0 Å². The van der Waals surface area contributed by atoms with Crippen molar-refractivity contribution in [3.05, 3.63) is 0 Å². The van der Waals surface area contributed by atoms with Gasteiger partial charge < -0.3 is 15.5 Å². The first kappa shape index (κ1) is 11.0. The fraction of sp³-hybridized carbons (Fsp3) is 0.778. The van der Waals surface area contributed by atoms with Crippen molar-refractivity contribution in [1.29, 1.82) is 0 Å². The van der Waals surface area contributed by atoms with Crippen molar-refractivity contribution >= 4 is 11.8 Å². The van der Waals surface area contributed by atoms with E-state index < -0.39 is 0 Å². The zero-order chi connectivity index (χ0) is 10.4. The van der Waals surface area contributed by atoms with Gasteiger partial charge in [-0.05, 0) is 0 Å². The van der Waals surface area contributed by atoms with Crippen LogP contribution in [0.15, 0.2) is 0 Å². The quantitative estimate of drug-likeness (QED) is 0.609. The Balaban J connectivity index is 2.16. The summed E-state index contributed by atoms with van der Waals surface area (Å²) in [5.41, 5.74) is 0. The van der Waals surface area contributed by atoms with E-state index >= 15 is 0 Å². The predicted octanol–water partition coefficient (Wildman–Crippen LogP) is -1.06. The number of carbonyl (C=O) groups excluding carboxylic acids is 2. The molecule has 1 fully saturated rings. The highest BCUT2D eigenvalue weighted by atomic mass is 16.2. The minimum atomic E-state index is -0.0851. The van der Waals surface area contributed by atoms with Gasteiger partial charge in [0.15, 0.2) is 0 Å². The van der Waals surface area contributed by atoms with E-state index in [-0.39, 0.29) is 11.8 Å². The first-order valence-electron chi connectivity index (χ1n) is 4.93. The Morgan fingerprint density at radius 1 is 1.36 bits per heavy atom. The van der Waals surface area contributed by atoms with E-state index in [1.165, 1.54) is 6.92 Å². The minimum Gasteiger partial charge on any atom is -0.356 e. The van der Waals surface area contributed by atoms with Crippen LogP contribution in [0.2, 0.25) is 0 Å². The van der Waals surface area contributed by atoms with Crippen LogP contribution in [0.25, 0.3) is 0 Å². The molecular formula is C9H17N3O2. The Morgan fingerprint density at radius 2 is 2.00 bits per heavy atom. The number of carbonyl (C=O) groups is 2. The summed E-state index contributed by atoms with van der Waals surface area (Å²) in [4.78, 5) is 23.9. The predicted molar refractivity (Wildman–Crippen MR) is 52.8 cm³/mol. The Morgan fingerprint density at radius 3 is 2.57 bits per heavy atom. The number of amides is 2. The van der Waals surface area contributed by atoms with Crippen molar-refractivity contribution in [2.24, 2.45) is 0 Å². The third-order valence-corrected chi connectivity index (χ3v) is 2.18. The molecule has 0 atom stereocenters. The molecule has 2 amide bonds. The van der Waals surface area contributed by atoms with Crippen LogP contribution in [-0.4, -0.2) is 49.4 Å². The molecule has 0 aliphatic carbocycles. The molecule has 1 aliphatic rings. The van der Waals surface area contributed by atoms with Gasteiger partial charge in [0.05, 0.1) is 0 Å². The van der Waals surface area contributed by atoms with Gasteiger partial charge in [0, 0.05) is 46.1 Å². The highest BCUT2D eigenvalue weighted by Gasteiger charge is 2.15. The van der Waals surface area contributed by atoms with Crippen molar-refractivity contribution in [1.82, 2.24) is 15.5 Å². The zero-order valence-corrected chi connectivity index (χ0v) is 8.51. The first-order valence-corrected chi connectivity index (χ1v) is 4.93. The summed E-state index contributed by atoms with van der Waals surface area (Å²) >= 11 is 0. The highest BCUT2D eigenvalue weighted by molar-refractivity contribution is 5.78. The van der Waals surface area contributed by atoms with Gasteiger partial charge >= 0.3 is 0 Å². The Kier molecular flexibility index (Phi) is 4.39. The van der Waals surface area contributed by atoms with E-state index in [9.17, 15) is 9.59 Å². The average molecular weight is 199 g/mol. The molecule has 0 aromatic heterocycles. The third kappa shape index (κ3) is 3.74. The molecule has 5 nitrogen and oxygen atoms in total. The number of hydrogen-bond donors (Lipinski definition) is 2. The SMILES string of the molecule is CC(=O)NCCC(=O)N1CCNCC1. The van der Waals surface area contributed by atoms with Crippen molar-refractivity contribution in [2.45, 2.75) is 13.3 Å². The van der Waals surface area contributed by atoms with Gasteiger partial charge in [-0.2, -0.15) is 0 Å². The molecule has 1 saturated heterocycles. The molecule has 1 heterocycles. The van der Waals surface area contributed by atoms with E-state index in [0.717, 1.165) is 26.2 Å². The number of nitrogens with one attached hydrogen (secondary N) is 2. The fourth-order valence-corrected chi connectivity index (χ4v) is 1.42. The van der Waals surface area contributed by atoms with Crippen molar-refractivity contribution < 1.29 is 9.59 Å². The molecule has 5 heteroatoms. The minimum absolute atomic E-state index is 0.0851. The van der Waals surface area contributed by atoms with Gasteiger partial charge in [-0.25, -0.2) is 0 Å². The highest BCUT2D eigenvalue weighted by Crippen LogP contribution is 1.95. The van der Waals surface area contributed by atoms with Gasteiger partial charge in [0.1, 0.15) is 0 Å². The average Bonchev–Trinajstić information content (AvgIpc) is 2.18. The summed E-state index contributed by atoms with van der Waals surface area (Å²) in [6, 6.07) is 0. The van der Waals surface area contributed by atoms with Crippen molar-refractivity contribution in [3.8, 4) is 0 Å². The van der Waals surface area contributed by atoms with Gasteiger partial charge in [0.2, 0.25) is 11.8 Å². The summed E-state index contributed by atoms with van der Waals surface area (Å²) in [5, 5.41) is 5.79. The summed E-state index contributed by atoms with van der Waals surface area (Å²) in [6.07, 6.45) is 0.402. The summed E-state index contributed by atoms with van der Waals surface area (Å²) in [7, 11) is 0. The van der Waals surface area contributed by atoms with Crippen LogP contribution < -0.4 is 10.6 Å². The van der Waals surface area contributed by atoms with Crippen LogP contribution in [-0.2, 0) is 9.59 Å². The molecule has 0 aromatic rings. The Bertz CT molecular complexity index is 212. The second-order valence-corrected chi connectivity index (χ2v) is 3.36. The largest absolute Gasteiger partial charge is 0.356 e. The van der Waals surface area contributed by atoms with E-state index in [1.54, 1.807) is 0 Å². The van der Waals surface area contributed by atoms with Crippen molar-refractivity contribution in [2.75, 3.05) is 32.7 Å². The van der Waals surface area contributed by atoms with Crippen LogP contribution in [0.4, 0.5) is 0 Å². The van der Waals surface area contributed by atoms with Gasteiger partial charge in [0.25, 0.3) is 0 Å². The van der Waals surface area contributed by atoms with Gasteiger partial charge in [-0.3, -0.25) is 9.59 Å². The molecule has 0 unspecified atom stereocenters. The van der Waals surface area contributed by atoms with Crippen LogP contribution in [0.3, 0.4) is 0 Å². The lowest BCUT2D eigenvalue weighted by molar-refractivity contribution is -0.131. The molecule has 1 aliphatic heterocycles. The molecule has 1 rings (SSSR count). The fourth-order valence-electron chi connectivity index (χ4n) is 1.42. The van der Waals surface area contributed by atoms with Crippen LogP contribution in [0, 0.1) is 0 Å². The molecule has 80 valence electrons. The molecule has 0 radical (unpaired) electrons. The first-order chi connectivity index (χ1) is 6.70. The molecule has 14 heavy (non-hydrogen) atoms. The summed E-state index contributed by atoms with van der Waals surface area (Å²) in [6.45, 7) is 5.18. The number of nitrogens with zero attached hydrogens (tertiary/aromatic N) is 1. The van der Waals surface area contributed by atoms with E-state index in [4.69, 9.17) is 0 Å². The zero-order valence-electron chi connectivity index (χ0n) is 8.51. The Hall–Kier alpha value is -1.10. The lowest BCUT2D eigenvalue weighted by Gasteiger charge is -2.27. The third-order valence-electron chi connectivity index (χ3n) is 2.18. The molecule has 0 spiro atoms. The number of piperazine rings is 1. The number of rotatable bonds is 3. The maximum Gasteiger partial charge on any atom is 0.224 e. The Labute approximate surface area is 83.8 Å². The van der Waals surface area contributed by atoms with E-state index in [1.807, 2.05) is 4.90 Å². The second kappa shape index (κ2) is 5.59. The monoisotopic (exact) mass is 199 g/mol. The second-order valence-electron chi connectivity index (χ2n) is 3.36. The van der Waals surface area contributed by atoms with Crippen LogP contribution >= 0.6 is 0 Å².